The topological polar surface area (TPSA) is 41.6 Å². The molecule has 0 atom stereocenters. The van der Waals surface area contributed by atoms with Crippen molar-refractivity contribution in [2.24, 2.45) is 0 Å². The van der Waals surface area contributed by atoms with Crippen LogP contribution in [-0.4, -0.2) is 50.2 Å². The van der Waals surface area contributed by atoms with Crippen molar-refractivity contribution in [3.05, 3.63) is 0 Å². The van der Waals surface area contributed by atoms with E-state index in [4.69, 9.17) is 4.74 Å². The molecule has 0 aromatic carbocycles. The van der Waals surface area contributed by atoms with Gasteiger partial charge in [0.25, 0.3) is 0 Å². The molecule has 1 rings (SSSR count). The molecule has 0 spiro atoms. The number of piperidine rings is 1. The van der Waals surface area contributed by atoms with Crippen LogP contribution < -0.4 is 5.32 Å². The molecule has 1 aliphatic rings. The van der Waals surface area contributed by atoms with Crippen LogP contribution in [0.2, 0.25) is 0 Å². The van der Waals surface area contributed by atoms with E-state index in [9.17, 15) is 4.79 Å². The molecule has 0 saturated carbocycles. The Hall–Kier alpha value is -0.320. The Balaban J connectivity index is 0.00000289. The summed E-state index contributed by atoms with van der Waals surface area (Å²) >= 11 is 0. The zero-order chi connectivity index (χ0) is 12.5. The van der Waals surface area contributed by atoms with Crippen LogP contribution in [0.4, 0.5) is 0 Å². The number of amides is 1. The van der Waals surface area contributed by atoms with Gasteiger partial charge >= 0.3 is 0 Å². The Morgan fingerprint density at radius 2 is 2.00 bits per heavy atom. The monoisotopic (exact) mass is 278 g/mol. The van der Waals surface area contributed by atoms with Crippen LogP contribution in [0, 0.1) is 0 Å². The number of unbranched alkanes of at least 4 members (excludes halogenated alkanes) is 2. The molecule has 1 fully saturated rings. The number of hydrogen-bond donors (Lipinski definition) is 1. The van der Waals surface area contributed by atoms with E-state index in [2.05, 4.69) is 12.2 Å². The van der Waals surface area contributed by atoms with E-state index in [1.807, 2.05) is 11.9 Å². The first-order valence-electron chi connectivity index (χ1n) is 6.80. The van der Waals surface area contributed by atoms with Crippen LogP contribution in [0.25, 0.3) is 0 Å². The van der Waals surface area contributed by atoms with E-state index >= 15 is 0 Å². The molecule has 18 heavy (non-hydrogen) atoms. The summed E-state index contributed by atoms with van der Waals surface area (Å²) in [6, 6.07) is 0.574. The van der Waals surface area contributed by atoms with Crippen molar-refractivity contribution in [2.45, 2.75) is 45.1 Å². The summed E-state index contributed by atoms with van der Waals surface area (Å²) in [6.07, 6.45) is 5.54. The number of carbonyl (C=O) groups is 1. The molecule has 5 heteroatoms. The van der Waals surface area contributed by atoms with E-state index < -0.39 is 0 Å². The molecular weight excluding hydrogens is 252 g/mol. The maximum absolute atomic E-state index is 11.8. The highest BCUT2D eigenvalue weighted by atomic mass is 35.5. The summed E-state index contributed by atoms with van der Waals surface area (Å²) in [4.78, 5) is 13.7. The summed E-state index contributed by atoms with van der Waals surface area (Å²) in [6.45, 7) is 4.86. The summed E-state index contributed by atoms with van der Waals surface area (Å²) in [5.74, 6) is 0.149. The van der Waals surface area contributed by atoms with Gasteiger partial charge in [-0.2, -0.15) is 0 Å². The zero-order valence-electron chi connectivity index (χ0n) is 11.6. The highest BCUT2D eigenvalue weighted by Gasteiger charge is 2.21. The van der Waals surface area contributed by atoms with Gasteiger partial charge in [0.05, 0.1) is 0 Å². The van der Waals surface area contributed by atoms with Crippen molar-refractivity contribution in [3.8, 4) is 0 Å². The molecule has 0 aliphatic carbocycles. The predicted molar refractivity (Wildman–Crippen MR) is 76.3 cm³/mol. The number of carbonyl (C=O) groups excluding carboxylic acids is 1. The average molecular weight is 279 g/mol. The molecule has 0 radical (unpaired) electrons. The van der Waals surface area contributed by atoms with Crippen molar-refractivity contribution in [1.29, 1.82) is 0 Å². The zero-order valence-corrected chi connectivity index (χ0v) is 12.4. The number of hydrogen-bond acceptors (Lipinski definition) is 3. The smallest absolute Gasteiger partial charge is 0.248 e. The molecule has 0 unspecified atom stereocenters. The maximum atomic E-state index is 11.8. The Morgan fingerprint density at radius 3 is 2.56 bits per heavy atom. The molecule has 1 N–H and O–H groups in total. The first-order valence-corrected chi connectivity index (χ1v) is 6.80. The number of rotatable bonds is 7. The Bertz CT molecular complexity index is 219. The second kappa shape index (κ2) is 10.6. The third-order valence-corrected chi connectivity index (χ3v) is 3.37. The van der Waals surface area contributed by atoms with E-state index in [0.29, 0.717) is 12.6 Å². The van der Waals surface area contributed by atoms with E-state index in [1.165, 1.54) is 12.8 Å². The molecule has 1 amide bonds. The Morgan fingerprint density at radius 1 is 1.33 bits per heavy atom. The minimum absolute atomic E-state index is 0. The lowest BCUT2D eigenvalue weighted by molar-refractivity contribution is -0.137. The molecule has 0 aromatic heterocycles. The van der Waals surface area contributed by atoms with Gasteiger partial charge in [0.2, 0.25) is 5.91 Å². The standard InChI is InChI=1S/C13H26N2O2.ClH/c1-3-4-5-10-17-11-13(16)15-8-6-12(14-2)7-9-15;/h12,14H,3-11H2,1-2H3;1H. The quantitative estimate of drug-likeness (QED) is 0.723. The van der Waals surface area contributed by atoms with Gasteiger partial charge in [0.1, 0.15) is 6.61 Å². The second-order valence-corrected chi connectivity index (χ2v) is 4.70. The van der Waals surface area contributed by atoms with Gasteiger partial charge in [-0.15, -0.1) is 12.4 Å². The van der Waals surface area contributed by atoms with Gasteiger partial charge in [0.15, 0.2) is 0 Å². The van der Waals surface area contributed by atoms with Crippen molar-refractivity contribution in [1.82, 2.24) is 10.2 Å². The normalized spacial score (nSPS) is 16.4. The van der Waals surface area contributed by atoms with Gasteiger partial charge in [0, 0.05) is 25.7 Å². The SMILES string of the molecule is CCCCCOCC(=O)N1CCC(NC)CC1.Cl. The molecular formula is C13H27ClN2O2. The lowest BCUT2D eigenvalue weighted by Crippen LogP contribution is -2.45. The van der Waals surface area contributed by atoms with Crippen LogP contribution >= 0.6 is 12.4 Å². The lowest BCUT2D eigenvalue weighted by atomic mass is 10.1. The lowest BCUT2D eigenvalue weighted by Gasteiger charge is -2.31. The van der Waals surface area contributed by atoms with Crippen LogP contribution in [-0.2, 0) is 9.53 Å². The van der Waals surface area contributed by atoms with Gasteiger partial charge in [-0.3, -0.25) is 4.79 Å². The van der Waals surface area contributed by atoms with Crippen LogP contribution in [0.3, 0.4) is 0 Å². The number of ether oxygens (including phenoxy) is 1. The minimum atomic E-state index is 0. The highest BCUT2D eigenvalue weighted by molar-refractivity contribution is 5.85. The molecule has 1 saturated heterocycles. The van der Waals surface area contributed by atoms with Crippen LogP contribution in [0.1, 0.15) is 39.0 Å². The van der Waals surface area contributed by atoms with Crippen LogP contribution in [0.15, 0.2) is 0 Å². The number of halogens is 1. The van der Waals surface area contributed by atoms with Crippen molar-refractivity contribution in [3.63, 3.8) is 0 Å². The number of likely N-dealkylation sites (tertiary alicyclic amines) is 1. The number of nitrogens with zero attached hydrogens (tertiary/aromatic N) is 1. The summed E-state index contributed by atoms with van der Waals surface area (Å²) in [5, 5.41) is 3.26. The fourth-order valence-corrected chi connectivity index (χ4v) is 2.12. The molecule has 0 bridgehead atoms. The van der Waals surface area contributed by atoms with Gasteiger partial charge in [-0.1, -0.05) is 19.8 Å². The van der Waals surface area contributed by atoms with Crippen molar-refractivity contribution in [2.75, 3.05) is 33.4 Å². The summed E-state index contributed by atoms with van der Waals surface area (Å²) in [5.41, 5.74) is 0. The Labute approximate surface area is 117 Å². The maximum Gasteiger partial charge on any atom is 0.248 e. The van der Waals surface area contributed by atoms with Crippen molar-refractivity contribution >= 4 is 18.3 Å². The fourth-order valence-electron chi connectivity index (χ4n) is 2.12. The number of nitrogens with one attached hydrogen (secondary N) is 1. The van der Waals surface area contributed by atoms with Gasteiger partial charge in [-0.25, -0.2) is 0 Å². The third kappa shape index (κ3) is 6.57. The molecule has 0 aromatic rings. The summed E-state index contributed by atoms with van der Waals surface area (Å²) < 4.78 is 5.40. The highest BCUT2D eigenvalue weighted by Crippen LogP contribution is 2.10. The van der Waals surface area contributed by atoms with Crippen molar-refractivity contribution < 1.29 is 9.53 Å². The molecule has 1 aliphatic heterocycles. The van der Waals surface area contributed by atoms with E-state index in [1.54, 1.807) is 0 Å². The van der Waals surface area contributed by atoms with E-state index in [-0.39, 0.29) is 24.9 Å². The summed E-state index contributed by atoms with van der Waals surface area (Å²) in [7, 11) is 1.99. The van der Waals surface area contributed by atoms with Crippen LogP contribution in [0.5, 0.6) is 0 Å². The third-order valence-electron chi connectivity index (χ3n) is 3.37. The first kappa shape index (κ1) is 17.7. The molecule has 108 valence electrons. The first-order chi connectivity index (χ1) is 8.27. The second-order valence-electron chi connectivity index (χ2n) is 4.70. The molecule has 1 heterocycles. The minimum Gasteiger partial charge on any atom is -0.372 e. The van der Waals surface area contributed by atoms with Gasteiger partial charge < -0.3 is 15.0 Å². The largest absolute Gasteiger partial charge is 0.372 e. The van der Waals surface area contributed by atoms with E-state index in [0.717, 1.165) is 32.4 Å². The van der Waals surface area contributed by atoms with Gasteiger partial charge in [-0.05, 0) is 26.3 Å². The average Bonchev–Trinajstić information content (AvgIpc) is 2.38. The predicted octanol–water partition coefficient (Wildman–Crippen LogP) is 1.83. The Kier molecular flexibility index (Phi) is 10.4. The fraction of sp³-hybridized carbons (Fsp3) is 0.923. The molecule has 4 nitrogen and oxygen atoms in total.